The van der Waals surface area contributed by atoms with Gasteiger partial charge in [0.15, 0.2) is 0 Å². The second-order valence-electron chi connectivity index (χ2n) is 2.64. The van der Waals surface area contributed by atoms with E-state index in [0.29, 0.717) is 5.76 Å². The highest BCUT2D eigenvalue weighted by atomic mass is 16.5. The Bertz CT molecular complexity index is 295. The molecule has 0 spiro atoms. The predicted molar refractivity (Wildman–Crippen MR) is 46.3 cm³/mol. The van der Waals surface area contributed by atoms with E-state index in [1.54, 1.807) is 13.8 Å². The molecule has 1 aromatic heterocycles. The average molecular weight is 184 g/mol. The van der Waals surface area contributed by atoms with Crippen molar-refractivity contribution >= 4 is 11.9 Å². The van der Waals surface area contributed by atoms with E-state index in [2.05, 4.69) is 10.3 Å². The van der Waals surface area contributed by atoms with Gasteiger partial charge in [-0.3, -0.25) is 10.1 Å². The van der Waals surface area contributed by atoms with Gasteiger partial charge in [-0.15, -0.1) is 0 Å². The number of aromatic nitrogens is 1. The number of anilines is 1. The second-order valence-corrected chi connectivity index (χ2v) is 2.64. The first kappa shape index (κ1) is 9.73. The lowest BCUT2D eigenvalue weighted by Crippen LogP contribution is -2.26. The Morgan fingerprint density at radius 3 is 2.92 bits per heavy atom. The number of methoxy groups -OCH3 is 1. The Labute approximate surface area is 76.1 Å². The highest BCUT2D eigenvalue weighted by molar-refractivity contribution is 5.91. The molecule has 1 heterocycles. The Balaban J connectivity index is 2.54. The maximum Gasteiger partial charge on any atom is 0.301 e. The summed E-state index contributed by atoms with van der Waals surface area (Å²) in [7, 11) is 1.46. The molecule has 72 valence electrons. The number of carbonyl (C=O) groups excluding carboxylic acids is 1. The summed E-state index contributed by atoms with van der Waals surface area (Å²) in [5.74, 6) is 0.379. The zero-order valence-electron chi connectivity index (χ0n) is 7.83. The van der Waals surface area contributed by atoms with Gasteiger partial charge in [-0.1, -0.05) is 0 Å². The highest BCUT2D eigenvalue weighted by Crippen LogP contribution is 2.07. The minimum atomic E-state index is -0.507. The van der Waals surface area contributed by atoms with Crippen LogP contribution in [0.25, 0.3) is 0 Å². The quantitative estimate of drug-likeness (QED) is 0.759. The number of nitrogens with zero attached hydrogens (tertiary/aromatic N) is 1. The predicted octanol–water partition coefficient (Wildman–Crippen LogP) is 0.956. The molecule has 1 unspecified atom stereocenters. The first-order valence-electron chi connectivity index (χ1n) is 3.89. The van der Waals surface area contributed by atoms with Crippen molar-refractivity contribution < 1.29 is 13.9 Å². The van der Waals surface area contributed by atoms with Crippen LogP contribution in [-0.2, 0) is 9.53 Å². The fraction of sp³-hybridized carbons (Fsp3) is 0.500. The lowest BCUT2D eigenvalue weighted by atomic mass is 10.4. The molecule has 1 amide bonds. The smallest absolute Gasteiger partial charge is 0.301 e. The van der Waals surface area contributed by atoms with E-state index >= 15 is 0 Å². The molecule has 1 N–H and O–H groups in total. The molecule has 1 rings (SSSR count). The van der Waals surface area contributed by atoms with Gasteiger partial charge in [0.2, 0.25) is 0 Å². The molecule has 0 fully saturated rings. The molecule has 13 heavy (non-hydrogen) atoms. The molecule has 0 saturated heterocycles. The summed E-state index contributed by atoms with van der Waals surface area (Å²) in [5.41, 5.74) is 0. The molecule has 1 aromatic rings. The summed E-state index contributed by atoms with van der Waals surface area (Å²) < 4.78 is 9.86. The van der Waals surface area contributed by atoms with Crippen LogP contribution in [0.3, 0.4) is 0 Å². The standard InChI is InChI=1S/C8H12N2O3/c1-5-4-9-8(13-5)10-7(11)6(2)12-3/h4,6H,1-3H3,(H,9,10,11). The molecule has 0 aliphatic carbocycles. The molecular formula is C8H12N2O3. The molecule has 0 saturated carbocycles. The number of amides is 1. The average Bonchev–Trinajstić information content (AvgIpc) is 2.49. The first-order valence-corrected chi connectivity index (χ1v) is 3.89. The van der Waals surface area contributed by atoms with Gasteiger partial charge in [-0.25, -0.2) is 4.98 Å². The number of hydrogen-bond acceptors (Lipinski definition) is 4. The lowest BCUT2D eigenvalue weighted by Gasteiger charge is -2.06. The topological polar surface area (TPSA) is 64.4 Å². The van der Waals surface area contributed by atoms with Crippen molar-refractivity contribution in [2.45, 2.75) is 20.0 Å². The Kier molecular flexibility index (Phi) is 3.02. The van der Waals surface area contributed by atoms with E-state index in [4.69, 9.17) is 9.15 Å². The molecule has 0 aliphatic rings. The molecule has 5 heteroatoms. The summed E-state index contributed by atoms with van der Waals surface area (Å²) >= 11 is 0. The first-order chi connectivity index (χ1) is 6.13. The fourth-order valence-electron chi connectivity index (χ4n) is 0.727. The van der Waals surface area contributed by atoms with Gasteiger partial charge in [0.05, 0.1) is 6.20 Å². The molecule has 0 aliphatic heterocycles. The van der Waals surface area contributed by atoms with Crippen molar-refractivity contribution in [1.82, 2.24) is 4.98 Å². The van der Waals surface area contributed by atoms with E-state index in [9.17, 15) is 4.79 Å². The van der Waals surface area contributed by atoms with E-state index in [-0.39, 0.29) is 11.9 Å². The van der Waals surface area contributed by atoms with Crippen LogP contribution in [0, 0.1) is 6.92 Å². The number of hydrogen-bond donors (Lipinski definition) is 1. The number of oxazole rings is 1. The zero-order chi connectivity index (χ0) is 9.84. The number of carbonyl (C=O) groups is 1. The summed E-state index contributed by atoms with van der Waals surface area (Å²) in [5, 5.41) is 2.47. The SMILES string of the molecule is COC(C)C(=O)Nc1ncc(C)o1. The third-order valence-corrected chi connectivity index (χ3v) is 1.57. The van der Waals surface area contributed by atoms with Crippen LogP contribution in [0.15, 0.2) is 10.6 Å². The van der Waals surface area contributed by atoms with Gasteiger partial charge in [0, 0.05) is 7.11 Å². The molecular weight excluding hydrogens is 172 g/mol. The van der Waals surface area contributed by atoms with E-state index in [0.717, 1.165) is 0 Å². The third kappa shape index (κ3) is 2.55. The second kappa shape index (κ2) is 4.04. The third-order valence-electron chi connectivity index (χ3n) is 1.57. The van der Waals surface area contributed by atoms with Gasteiger partial charge < -0.3 is 9.15 Å². The summed E-state index contributed by atoms with van der Waals surface area (Å²) in [6.07, 6.45) is 1.03. The maximum atomic E-state index is 11.2. The van der Waals surface area contributed by atoms with Gasteiger partial charge >= 0.3 is 6.01 Å². The maximum absolute atomic E-state index is 11.2. The number of aryl methyl sites for hydroxylation is 1. The van der Waals surface area contributed by atoms with Crippen molar-refractivity contribution in [1.29, 1.82) is 0 Å². The van der Waals surface area contributed by atoms with Gasteiger partial charge in [-0.2, -0.15) is 0 Å². The van der Waals surface area contributed by atoms with E-state index in [1.165, 1.54) is 13.3 Å². The summed E-state index contributed by atoms with van der Waals surface area (Å²) in [4.78, 5) is 15.0. The van der Waals surface area contributed by atoms with Crippen molar-refractivity contribution in [3.8, 4) is 0 Å². The van der Waals surface area contributed by atoms with Crippen molar-refractivity contribution in [2.24, 2.45) is 0 Å². The number of ether oxygens (including phenoxy) is 1. The highest BCUT2D eigenvalue weighted by Gasteiger charge is 2.13. The molecule has 1 atom stereocenters. The Morgan fingerprint density at radius 1 is 1.77 bits per heavy atom. The number of nitrogens with one attached hydrogen (secondary N) is 1. The Morgan fingerprint density at radius 2 is 2.46 bits per heavy atom. The van der Waals surface area contributed by atoms with Gasteiger partial charge in [-0.05, 0) is 13.8 Å². The molecule has 0 radical (unpaired) electrons. The van der Waals surface area contributed by atoms with E-state index < -0.39 is 6.10 Å². The fourth-order valence-corrected chi connectivity index (χ4v) is 0.727. The van der Waals surface area contributed by atoms with Gasteiger partial charge in [0.1, 0.15) is 11.9 Å². The number of rotatable bonds is 3. The van der Waals surface area contributed by atoms with Crippen LogP contribution < -0.4 is 5.32 Å². The van der Waals surface area contributed by atoms with Crippen LogP contribution in [0.4, 0.5) is 6.01 Å². The normalized spacial score (nSPS) is 12.5. The molecule has 0 bridgehead atoms. The van der Waals surface area contributed by atoms with Crippen LogP contribution >= 0.6 is 0 Å². The van der Waals surface area contributed by atoms with Crippen LogP contribution in [0.1, 0.15) is 12.7 Å². The Hall–Kier alpha value is -1.36. The largest absolute Gasteiger partial charge is 0.429 e. The molecule has 0 aromatic carbocycles. The van der Waals surface area contributed by atoms with Gasteiger partial charge in [0.25, 0.3) is 5.91 Å². The van der Waals surface area contributed by atoms with Crippen molar-refractivity contribution in [2.75, 3.05) is 12.4 Å². The summed E-state index contributed by atoms with van der Waals surface area (Å²) in [6.45, 7) is 3.40. The lowest BCUT2D eigenvalue weighted by molar-refractivity contribution is -0.124. The van der Waals surface area contributed by atoms with Crippen LogP contribution in [-0.4, -0.2) is 24.1 Å². The van der Waals surface area contributed by atoms with Crippen molar-refractivity contribution in [3.05, 3.63) is 12.0 Å². The molecule has 5 nitrogen and oxygen atoms in total. The summed E-state index contributed by atoms with van der Waals surface area (Å²) in [6, 6.07) is 0.200. The van der Waals surface area contributed by atoms with Crippen LogP contribution in [0.2, 0.25) is 0 Å². The minimum absolute atomic E-state index is 0.200. The van der Waals surface area contributed by atoms with Crippen molar-refractivity contribution in [3.63, 3.8) is 0 Å². The minimum Gasteiger partial charge on any atom is -0.429 e. The zero-order valence-corrected chi connectivity index (χ0v) is 7.83. The van der Waals surface area contributed by atoms with Crippen LogP contribution in [0.5, 0.6) is 0 Å². The van der Waals surface area contributed by atoms with E-state index in [1.807, 2.05) is 0 Å². The monoisotopic (exact) mass is 184 g/mol.